The van der Waals surface area contributed by atoms with Crippen LogP contribution in [0.3, 0.4) is 0 Å². The third-order valence-electron chi connectivity index (χ3n) is 3.25. The molecule has 0 fully saturated rings. The molecule has 1 unspecified atom stereocenters. The van der Waals surface area contributed by atoms with E-state index in [0.29, 0.717) is 19.8 Å². The maximum atomic E-state index is 5.68. The van der Waals surface area contributed by atoms with Gasteiger partial charge in [-0.15, -0.1) is 24.0 Å². The van der Waals surface area contributed by atoms with Crippen LogP contribution < -0.4 is 20.1 Å². The van der Waals surface area contributed by atoms with Crippen LogP contribution in [0.2, 0.25) is 0 Å². The largest absolute Gasteiger partial charge is 0.493 e. The van der Waals surface area contributed by atoms with Gasteiger partial charge in [0.15, 0.2) is 17.5 Å². The van der Waals surface area contributed by atoms with Crippen LogP contribution in [0.15, 0.2) is 23.2 Å². The molecule has 0 radical (unpaired) electrons. The molecule has 0 saturated carbocycles. The molecule has 144 valence electrons. The summed E-state index contributed by atoms with van der Waals surface area (Å²) in [6.45, 7) is 8.84. The second-order valence-electron chi connectivity index (χ2n) is 5.53. The Bertz CT molecular complexity index is 512. The number of ether oxygens (including phenoxy) is 3. The minimum atomic E-state index is 0. The van der Waals surface area contributed by atoms with Gasteiger partial charge in [0.2, 0.25) is 0 Å². The zero-order valence-electron chi connectivity index (χ0n) is 15.9. The number of methoxy groups -OCH3 is 2. The molecule has 6 nitrogen and oxygen atoms in total. The van der Waals surface area contributed by atoms with Crippen LogP contribution in [0, 0.1) is 0 Å². The van der Waals surface area contributed by atoms with Crippen molar-refractivity contribution in [1.82, 2.24) is 10.6 Å². The second-order valence-corrected chi connectivity index (χ2v) is 5.53. The van der Waals surface area contributed by atoms with Crippen molar-refractivity contribution in [2.24, 2.45) is 4.99 Å². The topological polar surface area (TPSA) is 64.1 Å². The Morgan fingerprint density at radius 1 is 1.20 bits per heavy atom. The van der Waals surface area contributed by atoms with Crippen molar-refractivity contribution in [1.29, 1.82) is 0 Å². The molecule has 0 saturated heterocycles. The lowest BCUT2D eigenvalue weighted by atomic mass is 10.2. The van der Waals surface area contributed by atoms with Gasteiger partial charge in [-0.1, -0.05) is 13.0 Å². The molecule has 0 spiro atoms. The molecule has 0 heterocycles. The lowest BCUT2D eigenvalue weighted by Gasteiger charge is -2.17. The fraction of sp³-hybridized carbons (Fsp3) is 0.611. The van der Waals surface area contributed by atoms with Gasteiger partial charge in [-0.25, -0.2) is 4.99 Å². The first-order valence-electron chi connectivity index (χ1n) is 8.48. The molecule has 1 aromatic carbocycles. The van der Waals surface area contributed by atoms with Crippen molar-refractivity contribution in [3.8, 4) is 11.5 Å². The standard InChI is InChI=1S/C18H31N3O3.HI/c1-6-10-24-16-9-8-15(11-17(16)23-5)12-20-18(19-7-2)21-14(3)13-22-4;/h8-9,11,14H,6-7,10,12-13H2,1-5H3,(H2,19,20,21);1H. The number of rotatable bonds is 10. The van der Waals surface area contributed by atoms with Crippen molar-refractivity contribution in [3.05, 3.63) is 23.8 Å². The van der Waals surface area contributed by atoms with E-state index in [1.165, 1.54) is 0 Å². The highest BCUT2D eigenvalue weighted by atomic mass is 127. The van der Waals surface area contributed by atoms with Crippen molar-refractivity contribution in [3.63, 3.8) is 0 Å². The quantitative estimate of drug-likeness (QED) is 0.316. The number of nitrogens with zero attached hydrogens (tertiary/aromatic N) is 1. The number of guanidine groups is 1. The summed E-state index contributed by atoms with van der Waals surface area (Å²) in [5, 5.41) is 6.55. The Morgan fingerprint density at radius 2 is 1.96 bits per heavy atom. The first-order valence-corrected chi connectivity index (χ1v) is 8.48. The molecule has 7 heteroatoms. The van der Waals surface area contributed by atoms with Crippen LogP contribution in [-0.4, -0.2) is 46.0 Å². The van der Waals surface area contributed by atoms with Gasteiger partial charge in [0.25, 0.3) is 0 Å². The predicted molar refractivity (Wildman–Crippen MR) is 113 cm³/mol. The van der Waals surface area contributed by atoms with Crippen molar-refractivity contribution >= 4 is 29.9 Å². The normalized spacial score (nSPS) is 12.1. The number of hydrogen-bond donors (Lipinski definition) is 2. The van der Waals surface area contributed by atoms with Crippen LogP contribution in [-0.2, 0) is 11.3 Å². The third kappa shape index (κ3) is 9.15. The maximum Gasteiger partial charge on any atom is 0.191 e. The Labute approximate surface area is 168 Å². The van der Waals surface area contributed by atoms with Crippen LogP contribution in [0.1, 0.15) is 32.8 Å². The van der Waals surface area contributed by atoms with E-state index in [1.807, 2.05) is 25.1 Å². The predicted octanol–water partition coefficient (Wildman–Crippen LogP) is 3.19. The molecular weight excluding hydrogens is 433 g/mol. The molecule has 2 N–H and O–H groups in total. The van der Waals surface area contributed by atoms with E-state index < -0.39 is 0 Å². The van der Waals surface area contributed by atoms with Crippen molar-refractivity contribution in [2.45, 2.75) is 39.8 Å². The van der Waals surface area contributed by atoms with Gasteiger partial charge < -0.3 is 24.8 Å². The number of aliphatic imine (C=N–C) groups is 1. The van der Waals surface area contributed by atoms with Gasteiger partial charge in [-0.3, -0.25) is 0 Å². The van der Waals surface area contributed by atoms with E-state index in [2.05, 4.69) is 29.5 Å². The highest BCUT2D eigenvalue weighted by Crippen LogP contribution is 2.28. The number of hydrogen-bond acceptors (Lipinski definition) is 4. The molecule has 1 atom stereocenters. The summed E-state index contributed by atoms with van der Waals surface area (Å²) < 4.78 is 16.2. The minimum Gasteiger partial charge on any atom is -0.493 e. The molecule has 1 rings (SSSR count). The monoisotopic (exact) mass is 465 g/mol. The highest BCUT2D eigenvalue weighted by Gasteiger charge is 2.07. The van der Waals surface area contributed by atoms with E-state index >= 15 is 0 Å². The SMILES string of the molecule is CCCOc1ccc(CN=C(NCC)NC(C)COC)cc1OC.I. The Hall–Kier alpha value is -1.22. The van der Waals surface area contributed by atoms with Crippen LogP contribution >= 0.6 is 24.0 Å². The molecule has 0 amide bonds. The molecule has 0 aromatic heterocycles. The maximum absolute atomic E-state index is 5.68. The number of nitrogens with one attached hydrogen (secondary N) is 2. The lowest BCUT2D eigenvalue weighted by Crippen LogP contribution is -2.43. The minimum absolute atomic E-state index is 0. The smallest absolute Gasteiger partial charge is 0.191 e. The molecule has 25 heavy (non-hydrogen) atoms. The molecular formula is C18H32IN3O3. The average molecular weight is 465 g/mol. The highest BCUT2D eigenvalue weighted by molar-refractivity contribution is 14.0. The first-order chi connectivity index (χ1) is 11.6. The summed E-state index contributed by atoms with van der Waals surface area (Å²) in [4.78, 5) is 4.62. The summed E-state index contributed by atoms with van der Waals surface area (Å²) >= 11 is 0. The average Bonchev–Trinajstić information content (AvgIpc) is 2.58. The molecule has 0 aliphatic heterocycles. The second kappa shape index (κ2) is 14.0. The third-order valence-corrected chi connectivity index (χ3v) is 3.25. The van der Waals surface area contributed by atoms with Crippen molar-refractivity contribution in [2.75, 3.05) is 34.0 Å². The molecule has 0 aliphatic carbocycles. The summed E-state index contributed by atoms with van der Waals surface area (Å²) in [6, 6.07) is 6.11. The lowest BCUT2D eigenvalue weighted by molar-refractivity contribution is 0.179. The van der Waals surface area contributed by atoms with E-state index in [9.17, 15) is 0 Å². The summed E-state index contributed by atoms with van der Waals surface area (Å²) in [6.07, 6.45) is 0.965. The van der Waals surface area contributed by atoms with Gasteiger partial charge in [0.05, 0.1) is 26.9 Å². The fourth-order valence-corrected chi connectivity index (χ4v) is 2.16. The van der Waals surface area contributed by atoms with Gasteiger partial charge in [0.1, 0.15) is 0 Å². The summed E-state index contributed by atoms with van der Waals surface area (Å²) in [5.41, 5.74) is 1.06. The first kappa shape index (κ1) is 23.8. The Kier molecular flexibility index (Phi) is 13.3. The number of benzene rings is 1. The van der Waals surface area contributed by atoms with Crippen LogP contribution in [0.5, 0.6) is 11.5 Å². The van der Waals surface area contributed by atoms with E-state index in [0.717, 1.165) is 36.0 Å². The fourth-order valence-electron chi connectivity index (χ4n) is 2.16. The van der Waals surface area contributed by atoms with Gasteiger partial charge >= 0.3 is 0 Å². The van der Waals surface area contributed by atoms with Crippen LogP contribution in [0.25, 0.3) is 0 Å². The van der Waals surface area contributed by atoms with E-state index in [-0.39, 0.29) is 30.0 Å². The molecule has 0 aliphatic rings. The molecule has 1 aromatic rings. The van der Waals surface area contributed by atoms with Gasteiger partial charge in [-0.05, 0) is 38.0 Å². The zero-order chi connectivity index (χ0) is 17.8. The number of halogens is 1. The van der Waals surface area contributed by atoms with Gasteiger partial charge in [0, 0.05) is 19.7 Å². The molecule has 0 bridgehead atoms. The summed E-state index contributed by atoms with van der Waals surface area (Å²) in [5.74, 6) is 2.28. The van der Waals surface area contributed by atoms with Gasteiger partial charge in [-0.2, -0.15) is 0 Å². The van der Waals surface area contributed by atoms with Crippen molar-refractivity contribution < 1.29 is 14.2 Å². The zero-order valence-corrected chi connectivity index (χ0v) is 18.3. The Balaban J connectivity index is 0.00000576. The van der Waals surface area contributed by atoms with E-state index in [1.54, 1.807) is 14.2 Å². The Morgan fingerprint density at radius 3 is 2.56 bits per heavy atom. The summed E-state index contributed by atoms with van der Waals surface area (Å²) in [7, 11) is 3.34. The van der Waals surface area contributed by atoms with E-state index in [4.69, 9.17) is 14.2 Å². The van der Waals surface area contributed by atoms with Crippen LogP contribution in [0.4, 0.5) is 0 Å².